The standard InChI is InChI=1S/C15H10F3N5S/c16-15(17,18)10-5-2-1-4-9(10)12-8-11(13-6-3-7-24-13)19-14-20-21-22-23(12)14/h1-8,12H,(H,19,20,22). The Labute approximate surface area is 138 Å². The Morgan fingerprint density at radius 2 is 1.96 bits per heavy atom. The van der Waals surface area contributed by atoms with E-state index in [1.807, 2.05) is 17.5 Å². The van der Waals surface area contributed by atoms with Gasteiger partial charge >= 0.3 is 6.18 Å². The minimum atomic E-state index is -4.45. The van der Waals surface area contributed by atoms with E-state index in [9.17, 15) is 13.2 Å². The van der Waals surface area contributed by atoms with Gasteiger partial charge in [0.2, 0.25) is 5.95 Å². The molecule has 1 aliphatic rings. The lowest BCUT2D eigenvalue weighted by Crippen LogP contribution is -2.22. The van der Waals surface area contributed by atoms with Crippen LogP contribution >= 0.6 is 11.3 Å². The predicted octanol–water partition coefficient (Wildman–Crippen LogP) is 3.81. The third-order valence-electron chi connectivity index (χ3n) is 3.70. The Bertz CT molecular complexity index is 898. The van der Waals surface area contributed by atoms with Crippen molar-refractivity contribution in [2.24, 2.45) is 0 Å². The van der Waals surface area contributed by atoms with Crippen molar-refractivity contribution >= 4 is 23.0 Å². The highest BCUT2D eigenvalue weighted by atomic mass is 32.1. The number of alkyl halides is 3. The van der Waals surface area contributed by atoms with E-state index in [0.717, 1.165) is 10.9 Å². The molecule has 4 rings (SSSR count). The van der Waals surface area contributed by atoms with Crippen molar-refractivity contribution in [2.45, 2.75) is 12.2 Å². The summed E-state index contributed by atoms with van der Waals surface area (Å²) in [4.78, 5) is 0.902. The minimum absolute atomic E-state index is 0.106. The number of hydrogen-bond donors (Lipinski definition) is 1. The summed E-state index contributed by atoms with van der Waals surface area (Å²) in [6.45, 7) is 0. The molecular formula is C15H10F3N5S. The van der Waals surface area contributed by atoms with Crippen LogP contribution in [-0.4, -0.2) is 20.2 Å². The van der Waals surface area contributed by atoms with Crippen molar-refractivity contribution in [3.63, 3.8) is 0 Å². The van der Waals surface area contributed by atoms with Gasteiger partial charge in [-0.2, -0.15) is 17.9 Å². The van der Waals surface area contributed by atoms with Crippen LogP contribution in [0.1, 0.15) is 22.0 Å². The zero-order valence-electron chi connectivity index (χ0n) is 12.0. The van der Waals surface area contributed by atoms with E-state index < -0.39 is 17.8 Å². The third kappa shape index (κ3) is 2.46. The summed E-state index contributed by atoms with van der Waals surface area (Å²) in [5.41, 5.74) is 0.100. The molecule has 1 atom stereocenters. The zero-order valence-corrected chi connectivity index (χ0v) is 12.8. The average molecular weight is 349 g/mol. The lowest BCUT2D eigenvalue weighted by molar-refractivity contribution is -0.138. The van der Waals surface area contributed by atoms with Gasteiger partial charge in [0.05, 0.1) is 16.1 Å². The van der Waals surface area contributed by atoms with Gasteiger partial charge in [-0.25, -0.2) is 0 Å². The number of thiophene rings is 1. The Balaban J connectivity index is 1.88. The van der Waals surface area contributed by atoms with Crippen LogP contribution in [0.2, 0.25) is 0 Å². The van der Waals surface area contributed by atoms with Gasteiger partial charge in [0.1, 0.15) is 6.04 Å². The quantitative estimate of drug-likeness (QED) is 0.764. The molecule has 0 amide bonds. The molecular weight excluding hydrogens is 339 g/mol. The van der Waals surface area contributed by atoms with Gasteiger partial charge in [0.25, 0.3) is 0 Å². The Hall–Kier alpha value is -2.68. The summed E-state index contributed by atoms with van der Waals surface area (Å²) in [5.74, 6) is 0.308. The molecule has 0 bridgehead atoms. The predicted molar refractivity (Wildman–Crippen MR) is 83.3 cm³/mol. The molecule has 0 saturated carbocycles. The maximum atomic E-state index is 13.4. The van der Waals surface area contributed by atoms with Crippen LogP contribution in [0.4, 0.5) is 19.1 Å². The van der Waals surface area contributed by atoms with Crippen molar-refractivity contribution < 1.29 is 13.2 Å². The van der Waals surface area contributed by atoms with Crippen LogP contribution in [0.3, 0.4) is 0 Å². The lowest BCUT2D eigenvalue weighted by atomic mass is 9.98. The van der Waals surface area contributed by atoms with E-state index in [0.29, 0.717) is 11.6 Å². The van der Waals surface area contributed by atoms with Gasteiger partial charge in [-0.15, -0.1) is 11.3 Å². The molecule has 0 radical (unpaired) electrons. The molecule has 3 heterocycles. The summed E-state index contributed by atoms with van der Waals surface area (Å²) in [6.07, 6.45) is -2.74. The van der Waals surface area contributed by atoms with Crippen molar-refractivity contribution in [3.8, 4) is 0 Å². The molecule has 1 aromatic carbocycles. The van der Waals surface area contributed by atoms with Crippen LogP contribution in [0.15, 0.2) is 47.9 Å². The van der Waals surface area contributed by atoms with E-state index in [1.54, 1.807) is 12.1 Å². The van der Waals surface area contributed by atoms with Crippen LogP contribution in [-0.2, 0) is 6.18 Å². The Morgan fingerprint density at radius 1 is 1.12 bits per heavy atom. The largest absolute Gasteiger partial charge is 0.416 e. The first kappa shape index (κ1) is 14.9. The van der Waals surface area contributed by atoms with Crippen LogP contribution in [0.5, 0.6) is 0 Å². The molecule has 5 nitrogen and oxygen atoms in total. The van der Waals surface area contributed by atoms with Crippen LogP contribution < -0.4 is 5.32 Å². The SMILES string of the molecule is FC(F)(F)c1ccccc1C1C=C(c2cccs2)Nc2nnnn21. The monoisotopic (exact) mass is 349 g/mol. The number of rotatable bonds is 2. The fourth-order valence-electron chi connectivity index (χ4n) is 2.66. The second-order valence-electron chi connectivity index (χ2n) is 5.16. The zero-order chi connectivity index (χ0) is 16.7. The molecule has 0 spiro atoms. The highest BCUT2D eigenvalue weighted by Gasteiger charge is 2.36. The van der Waals surface area contributed by atoms with E-state index in [4.69, 9.17) is 0 Å². The first-order valence-electron chi connectivity index (χ1n) is 7.01. The van der Waals surface area contributed by atoms with Gasteiger partial charge < -0.3 is 5.32 Å². The normalized spacial score (nSPS) is 17.1. The number of nitrogens with one attached hydrogen (secondary N) is 1. The van der Waals surface area contributed by atoms with Gasteiger partial charge in [0.15, 0.2) is 0 Å². The minimum Gasteiger partial charge on any atom is -0.322 e. The molecule has 0 saturated heterocycles. The highest BCUT2D eigenvalue weighted by Crippen LogP contribution is 2.39. The molecule has 24 heavy (non-hydrogen) atoms. The summed E-state index contributed by atoms with van der Waals surface area (Å²) in [7, 11) is 0. The maximum absolute atomic E-state index is 13.4. The number of hydrogen-bond acceptors (Lipinski definition) is 5. The topological polar surface area (TPSA) is 55.6 Å². The Kier molecular flexibility index (Phi) is 3.38. The van der Waals surface area contributed by atoms with E-state index in [1.165, 1.54) is 28.2 Å². The molecule has 122 valence electrons. The summed E-state index contributed by atoms with van der Waals surface area (Å²) in [5, 5.41) is 16.2. The van der Waals surface area contributed by atoms with E-state index in [2.05, 4.69) is 20.8 Å². The number of benzene rings is 1. The van der Waals surface area contributed by atoms with Gasteiger partial charge in [-0.1, -0.05) is 29.4 Å². The number of fused-ring (bicyclic) bond motifs is 1. The number of allylic oxidation sites excluding steroid dienone is 1. The Morgan fingerprint density at radius 3 is 2.71 bits per heavy atom. The van der Waals surface area contributed by atoms with Gasteiger partial charge in [-0.3, -0.25) is 0 Å². The fourth-order valence-corrected chi connectivity index (χ4v) is 3.37. The van der Waals surface area contributed by atoms with Crippen molar-refractivity contribution in [1.82, 2.24) is 20.2 Å². The highest BCUT2D eigenvalue weighted by molar-refractivity contribution is 7.11. The smallest absolute Gasteiger partial charge is 0.322 e. The van der Waals surface area contributed by atoms with Crippen molar-refractivity contribution in [1.29, 1.82) is 0 Å². The second-order valence-corrected chi connectivity index (χ2v) is 6.11. The molecule has 9 heteroatoms. The number of tetrazole rings is 1. The van der Waals surface area contributed by atoms with Crippen molar-refractivity contribution in [2.75, 3.05) is 5.32 Å². The molecule has 2 aromatic heterocycles. The molecule has 1 aliphatic heterocycles. The van der Waals surface area contributed by atoms with Crippen molar-refractivity contribution in [3.05, 3.63) is 63.9 Å². The third-order valence-corrected chi connectivity index (χ3v) is 4.60. The first-order chi connectivity index (χ1) is 11.5. The fraction of sp³-hybridized carbons (Fsp3) is 0.133. The molecule has 3 aromatic rings. The lowest BCUT2D eigenvalue weighted by Gasteiger charge is -2.25. The van der Waals surface area contributed by atoms with E-state index in [-0.39, 0.29) is 5.56 Å². The second kappa shape index (κ2) is 5.45. The summed E-state index contributed by atoms with van der Waals surface area (Å²) < 4.78 is 41.5. The summed E-state index contributed by atoms with van der Waals surface area (Å²) in [6, 6.07) is 8.49. The van der Waals surface area contributed by atoms with Gasteiger partial charge in [-0.05, 0) is 39.6 Å². The number of anilines is 1. The van der Waals surface area contributed by atoms with E-state index >= 15 is 0 Å². The summed E-state index contributed by atoms with van der Waals surface area (Å²) >= 11 is 1.48. The molecule has 1 N–H and O–H groups in total. The maximum Gasteiger partial charge on any atom is 0.416 e. The first-order valence-corrected chi connectivity index (χ1v) is 7.89. The number of aromatic nitrogens is 4. The average Bonchev–Trinajstić information content (AvgIpc) is 3.24. The van der Waals surface area contributed by atoms with Gasteiger partial charge in [0, 0.05) is 0 Å². The molecule has 1 unspecified atom stereocenters. The van der Waals surface area contributed by atoms with Crippen LogP contribution in [0, 0.1) is 0 Å². The van der Waals surface area contributed by atoms with Crippen LogP contribution in [0.25, 0.3) is 5.70 Å². The molecule has 0 fully saturated rings. The number of halogens is 3. The number of nitrogens with zero attached hydrogens (tertiary/aromatic N) is 4. The molecule has 0 aliphatic carbocycles.